The first kappa shape index (κ1) is 26.9. The fraction of sp³-hybridized carbons (Fsp3) is 0.667. The summed E-state index contributed by atoms with van der Waals surface area (Å²) in [6, 6.07) is 11.7. The Morgan fingerprint density at radius 2 is 1.84 bits per heavy atom. The van der Waals surface area contributed by atoms with Crippen LogP contribution in [-0.2, 0) is 11.3 Å². The molecule has 1 aromatic carbocycles. The summed E-state index contributed by atoms with van der Waals surface area (Å²) in [6.45, 7) is 8.39. The summed E-state index contributed by atoms with van der Waals surface area (Å²) in [5, 5.41) is 7.06. The number of carbonyl (C=O) groups excluding carboxylic acids is 1. The van der Waals surface area contributed by atoms with E-state index in [-0.39, 0.29) is 29.9 Å². The van der Waals surface area contributed by atoms with Gasteiger partial charge in [-0.05, 0) is 44.7 Å². The number of halogens is 1. The highest BCUT2D eigenvalue weighted by atomic mass is 127. The SMILES string of the molecule is CCNC(=NCC1CCCN1Cc1ccccc1)NC1CCN(CC(=O)N(C)C)CC1.I. The van der Waals surface area contributed by atoms with Crippen LogP contribution < -0.4 is 10.6 Å². The van der Waals surface area contributed by atoms with Crippen LogP contribution in [0.5, 0.6) is 0 Å². The number of likely N-dealkylation sites (tertiary alicyclic amines) is 2. The van der Waals surface area contributed by atoms with Crippen LogP contribution in [0.2, 0.25) is 0 Å². The summed E-state index contributed by atoms with van der Waals surface area (Å²) in [4.78, 5) is 23.4. The molecule has 32 heavy (non-hydrogen) atoms. The monoisotopic (exact) mass is 556 g/mol. The minimum atomic E-state index is 0. The molecule has 2 fully saturated rings. The van der Waals surface area contributed by atoms with Gasteiger partial charge in [0.1, 0.15) is 0 Å². The van der Waals surface area contributed by atoms with Crippen molar-refractivity contribution in [2.45, 2.75) is 51.2 Å². The molecule has 3 rings (SSSR count). The molecule has 0 aliphatic carbocycles. The average Bonchev–Trinajstić information content (AvgIpc) is 3.21. The van der Waals surface area contributed by atoms with Gasteiger partial charge >= 0.3 is 0 Å². The van der Waals surface area contributed by atoms with Crippen molar-refractivity contribution in [1.82, 2.24) is 25.3 Å². The molecular formula is C24H41IN6O. The Balaban J connectivity index is 0.00000363. The van der Waals surface area contributed by atoms with Crippen molar-refractivity contribution in [2.24, 2.45) is 4.99 Å². The van der Waals surface area contributed by atoms with E-state index in [0.29, 0.717) is 18.6 Å². The lowest BCUT2D eigenvalue weighted by Gasteiger charge is -2.33. The van der Waals surface area contributed by atoms with Gasteiger partial charge < -0.3 is 15.5 Å². The van der Waals surface area contributed by atoms with Crippen LogP contribution in [0.15, 0.2) is 35.3 Å². The number of benzene rings is 1. The molecule has 0 radical (unpaired) electrons. The van der Waals surface area contributed by atoms with Gasteiger partial charge in [-0.15, -0.1) is 24.0 Å². The number of hydrogen-bond acceptors (Lipinski definition) is 4. The first-order valence-corrected chi connectivity index (χ1v) is 11.8. The molecule has 1 amide bonds. The highest BCUT2D eigenvalue weighted by Crippen LogP contribution is 2.20. The summed E-state index contributed by atoms with van der Waals surface area (Å²) in [5.41, 5.74) is 1.38. The third-order valence-corrected chi connectivity index (χ3v) is 6.32. The van der Waals surface area contributed by atoms with E-state index in [2.05, 4.69) is 57.7 Å². The molecule has 1 unspecified atom stereocenters. The van der Waals surface area contributed by atoms with Crippen molar-refractivity contribution in [2.75, 3.05) is 53.4 Å². The van der Waals surface area contributed by atoms with E-state index >= 15 is 0 Å². The van der Waals surface area contributed by atoms with Gasteiger partial charge in [0.2, 0.25) is 5.91 Å². The molecule has 180 valence electrons. The van der Waals surface area contributed by atoms with E-state index in [9.17, 15) is 4.79 Å². The lowest BCUT2D eigenvalue weighted by atomic mass is 10.1. The summed E-state index contributed by atoms with van der Waals surface area (Å²) in [7, 11) is 3.64. The van der Waals surface area contributed by atoms with E-state index < -0.39 is 0 Å². The zero-order valence-electron chi connectivity index (χ0n) is 19.9. The molecule has 8 heteroatoms. The molecule has 2 aliphatic heterocycles. The number of amides is 1. The number of nitrogens with one attached hydrogen (secondary N) is 2. The number of likely N-dealkylation sites (N-methyl/N-ethyl adjacent to an activating group) is 1. The minimum Gasteiger partial charge on any atom is -0.357 e. The van der Waals surface area contributed by atoms with Gasteiger partial charge in [0, 0.05) is 52.4 Å². The smallest absolute Gasteiger partial charge is 0.236 e. The standard InChI is InChI=1S/C24H40N6O.HI/c1-4-25-24(27-21-12-15-29(16-13-21)19-23(31)28(2)3)26-17-22-11-8-14-30(22)18-20-9-6-5-7-10-20;/h5-7,9-10,21-22H,4,8,11-19H2,1-3H3,(H2,25,26,27);1H. The maximum absolute atomic E-state index is 11.9. The molecule has 0 aromatic heterocycles. The number of carbonyl (C=O) groups is 1. The molecule has 0 bridgehead atoms. The minimum absolute atomic E-state index is 0. The van der Waals surface area contributed by atoms with Crippen LogP contribution in [0.4, 0.5) is 0 Å². The molecule has 1 atom stereocenters. The molecule has 1 aromatic rings. The second kappa shape index (κ2) is 14.0. The third-order valence-electron chi connectivity index (χ3n) is 6.32. The Kier molecular flexibility index (Phi) is 11.7. The van der Waals surface area contributed by atoms with Gasteiger partial charge in [-0.25, -0.2) is 0 Å². The molecule has 2 aliphatic rings. The van der Waals surface area contributed by atoms with E-state index in [1.807, 2.05) is 14.1 Å². The van der Waals surface area contributed by atoms with Crippen LogP contribution in [0.25, 0.3) is 0 Å². The second-order valence-corrected chi connectivity index (χ2v) is 8.95. The molecular weight excluding hydrogens is 515 g/mol. The van der Waals surface area contributed by atoms with Gasteiger partial charge in [0.25, 0.3) is 0 Å². The fourth-order valence-electron chi connectivity index (χ4n) is 4.41. The second-order valence-electron chi connectivity index (χ2n) is 8.95. The Morgan fingerprint density at radius 1 is 1.12 bits per heavy atom. The van der Waals surface area contributed by atoms with Gasteiger partial charge in [0.05, 0.1) is 13.1 Å². The molecule has 0 spiro atoms. The van der Waals surface area contributed by atoms with E-state index in [1.165, 1.54) is 18.4 Å². The van der Waals surface area contributed by atoms with Crippen LogP contribution >= 0.6 is 24.0 Å². The van der Waals surface area contributed by atoms with Gasteiger partial charge in [-0.1, -0.05) is 30.3 Å². The first-order valence-electron chi connectivity index (χ1n) is 11.8. The number of rotatable bonds is 8. The maximum Gasteiger partial charge on any atom is 0.236 e. The van der Waals surface area contributed by atoms with Crippen molar-refractivity contribution in [1.29, 1.82) is 0 Å². The Labute approximate surface area is 211 Å². The largest absolute Gasteiger partial charge is 0.357 e. The number of piperidine rings is 1. The van der Waals surface area contributed by atoms with Crippen LogP contribution in [0.1, 0.15) is 38.2 Å². The van der Waals surface area contributed by atoms with Crippen molar-refractivity contribution in [3.05, 3.63) is 35.9 Å². The zero-order valence-corrected chi connectivity index (χ0v) is 22.3. The third kappa shape index (κ3) is 8.51. The number of aliphatic imine (C=N–C) groups is 1. The Morgan fingerprint density at radius 3 is 2.50 bits per heavy atom. The molecule has 2 N–H and O–H groups in total. The summed E-state index contributed by atoms with van der Waals surface area (Å²) in [5.74, 6) is 1.11. The molecule has 0 saturated carbocycles. The Hall–Kier alpha value is -1.39. The summed E-state index contributed by atoms with van der Waals surface area (Å²) in [6.07, 6.45) is 4.54. The fourth-order valence-corrected chi connectivity index (χ4v) is 4.41. The molecule has 7 nitrogen and oxygen atoms in total. The Bertz CT molecular complexity index is 706. The lowest BCUT2D eigenvalue weighted by molar-refractivity contribution is -0.130. The van der Waals surface area contributed by atoms with Crippen LogP contribution in [-0.4, -0.2) is 92.0 Å². The first-order chi connectivity index (χ1) is 15.0. The average molecular weight is 557 g/mol. The van der Waals surface area contributed by atoms with Gasteiger partial charge in [-0.2, -0.15) is 0 Å². The predicted octanol–water partition coefficient (Wildman–Crippen LogP) is 2.38. The summed E-state index contributed by atoms with van der Waals surface area (Å²) >= 11 is 0. The van der Waals surface area contributed by atoms with Crippen molar-refractivity contribution in [3.63, 3.8) is 0 Å². The number of nitrogens with zero attached hydrogens (tertiary/aromatic N) is 4. The predicted molar refractivity (Wildman–Crippen MR) is 143 cm³/mol. The topological polar surface area (TPSA) is 63.2 Å². The lowest BCUT2D eigenvalue weighted by Crippen LogP contribution is -2.50. The van der Waals surface area contributed by atoms with E-state index in [4.69, 9.17) is 4.99 Å². The molecule has 2 heterocycles. The van der Waals surface area contributed by atoms with Gasteiger partial charge in [-0.3, -0.25) is 19.6 Å². The number of hydrogen-bond donors (Lipinski definition) is 2. The van der Waals surface area contributed by atoms with E-state index in [0.717, 1.165) is 58.1 Å². The van der Waals surface area contributed by atoms with Gasteiger partial charge in [0.15, 0.2) is 5.96 Å². The van der Waals surface area contributed by atoms with Crippen LogP contribution in [0, 0.1) is 0 Å². The quantitative estimate of drug-likeness (QED) is 0.293. The normalized spacial score (nSPS) is 20.6. The number of guanidine groups is 1. The maximum atomic E-state index is 11.9. The molecule has 2 saturated heterocycles. The van der Waals surface area contributed by atoms with Crippen molar-refractivity contribution < 1.29 is 4.79 Å². The zero-order chi connectivity index (χ0) is 22.1. The van der Waals surface area contributed by atoms with Crippen molar-refractivity contribution in [3.8, 4) is 0 Å². The van der Waals surface area contributed by atoms with E-state index in [1.54, 1.807) is 4.90 Å². The van der Waals surface area contributed by atoms with Crippen molar-refractivity contribution >= 4 is 35.8 Å². The summed E-state index contributed by atoms with van der Waals surface area (Å²) < 4.78 is 0. The highest BCUT2D eigenvalue weighted by molar-refractivity contribution is 14.0. The van der Waals surface area contributed by atoms with Crippen LogP contribution in [0.3, 0.4) is 0 Å². The highest BCUT2D eigenvalue weighted by Gasteiger charge is 2.25.